The largest absolute Gasteiger partial charge is 0.490 e. The minimum Gasteiger partial charge on any atom is -0.490 e. The maximum absolute atomic E-state index is 12.4. The third-order valence-electron chi connectivity index (χ3n) is 3.26. The quantitative estimate of drug-likeness (QED) is 0.551. The average Bonchev–Trinajstić information content (AvgIpc) is 2.65. The summed E-state index contributed by atoms with van der Waals surface area (Å²) in [5.41, 5.74) is 3.69. The Kier molecular flexibility index (Phi) is 7.42. The van der Waals surface area contributed by atoms with Crippen LogP contribution in [0.5, 0.6) is 17.2 Å². The zero-order valence-corrected chi connectivity index (χ0v) is 15.2. The smallest absolute Gasteiger partial charge is 0.271 e. The van der Waals surface area contributed by atoms with Gasteiger partial charge < -0.3 is 14.2 Å². The van der Waals surface area contributed by atoms with E-state index in [-0.39, 0.29) is 5.91 Å². The number of pyridine rings is 1. The van der Waals surface area contributed by atoms with Gasteiger partial charge in [-0.15, -0.1) is 0 Å². The van der Waals surface area contributed by atoms with Gasteiger partial charge in [-0.2, -0.15) is 5.10 Å². The first-order chi connectivity index (χ1) is 12.7. The van der Waals surface area contributed by atoms with Gasteiger partial charge in [0.2, 0.25) is 5.75 Å². The number of rotatable bonds is 9. The first-order valence-electron chi connectivity index (χ1n) is 8.49. The molecule has 0 radical (unpaired) electrons. The highest BCUT2D eigenvalue weighted by Crippen LogP contribution is 2.39. The second-order valence-electron chi connectivity index (χ2n) is 5.08. The Morgan fingerprint density at radius 3 is 2.15 bits per heavy atom. The number of carbonyl (C=O) groups excluding carboxylic acids is 1. The van der Waals surface area contributed by atoms with E-state index in [9.17, 15) is 4.79 Å². The van der Waals surface area contributed by atoms with Gasteiger partial charge in [0.25, 0.3) is 5.91 Å². The Morgan fingerprint density at radius 2 is 1.62 bits per heavy atom. The highest BCUT2D eigenvalue weighted by molar-refractivity contribution is 5.96. The van der Waals surface area contributed by atoms with Gasteiger partial charge in [-0.05, 0) is 50.6 Å². The summed E-state index contributed by atoms with van der Waals surface area (Å²) in [6, 6.07) is 6.81. The van der Waals surface area contributed by atoms with Crippen LogP contribution in [0.2, 0.25) is 0 Å². The summed E-state index contributed by atoms with van der Waals surface area (Å²) in [5, 5.41) is 3.96. The first kappa shape index (κ1) is 19.2. The Bertz CT molecular complexity index is 721. The summed E-state index contributed by atoms with van der Waals surface area (Å²) in [7, 11) is 0. The number of ether oxygens (including phenoxy) is 3. The molecule has 0 aliphatic carbocycles. The van der Waals surface area contributed by atoms with Gasteiger partial charge in [0, 0.05) is 18.0 Å². The molecule has 2 rings (SSSR count). The fourth-order valence-electron chi connectivity index (χ4n) is 2.20. The van der Waals surface area contributed by atoms with Gasteiger partial charge in [0.15, 0.2) is 11.5 Å². The highest BCUT2D eigenvalue weighted by atomic mass is 16.5. The standard InChI is InChI=1S/C19H23N3O4/c1-4-24-16-11-15(12-17(25-5-2)18(16)26-6-3)19(23)22-21-13-14-7-9-20-10-8-14/h7-13H,4-6H2,1-3H3,(H,22,23)/b21-13+. The lowest BCUT2D eigenvalue weighted by Crippen LogP contribution is -2.18. The molecule has 0 saturated carbocycles. The minimum atomic E-state index is -0.375. The third kappa shape index (κ3) is 5.20. The van der Waals surface area contributed by atoms with Crippen molar-refractivity contribution in [2.24, 2.45) is 5.10 Å². The van der Waals surface area contributed by atoms with Crippen LogP contribution in [0.25, 0.3) is 0 Å². The van der Waals surface area contributed by atoms with E-state index in [4.69, 9.17) is 14.2 Å². The number of hydrogen-bond donors (Lipinski definition) is 1. The van der Waals surface area contributed by atoms with E-state index in [2.05, 4.69) is 15.5 Å². The number of benzene rings is 1. The molecule has 26 heavy (non-hydrogen) atoms. The van der Waals surface area contributed by atoms with Crippen molar-refractivity contribution in [1.29, 1.82) is 0 Å². The lowest BCUT2D eigenvalue weighted by molar-refractivity contribution is 0.0954. The van der Waals surface area contributed by atoms with E-state index in [1.807, 2.05) is 20.8 Å². The Balaban J connectivity index is 2.23. The topological polar surface area (TPSA) is 82.0 Å². The molecule has 2 aromatic rings. The number of hydrogen-bond acceptors (Lipinski definition) is 6. The molecule has 138 valence electrons. The van der Waals surface area contributed by atoms with E-state index < -0.39 is 0 Å². The molecular weight excluding hydrogens is 334 g/mol. The molecule has 1 N–H and O–H groups in total. The van der Waals surface area contributed by atoms with Crippen LogP contribution in [-0.2, 0) is 0 Å². The van der Waals surface area contributed by atoms with Crippen LogP contribution in [-0.4, -0.2) is 36.9 Å². The van der Waals surface area contributed by atoms with Gasteiger partial charge in [0.1, 0.15) is 0 Å². The van der Waals surface area contributed by atoms with Crippen LogP contribution >= 0.6 is 0 Å². The third-order valence-corrected chi connectivity index (χ3v) is 3.26. The number of nitrogens with zero attached hydrogens (tertiary/aromatic N) is 2. The molecule has 0 atom stereocenters. The van der Waals surface area contributed by atoms with Crippen molar-refractivity contribution in [1.82, 2.24) is 10.4 Å². The van der Waals surface area contributed by atoms with Crippen molar-refractivity contribution in [2.75, 3.05) is 19.8 Å². The Morgan fingerprint density at radius 1 is 1.04 bits per heavy atom. The van der Waals surface area contributed by atoms with Crippen molar-refractivity contribution in [3.8, 4) is 17.2 Å². The monoisotopic (exact) mass is 357 g/mol. The summed E-state index contributed by atoms with van der Waals surface area (Å²) in [5.74, 6) is 1.04. The maximum Gasteiger partial charge on any atom is 0.271 e. The molecule has 0 aliphatic heterocycles. The zero-order chi connectivity index (χ0) is 18.8. The van der Waals surface area contributed by atoms with Crippen LogP contribution in [0.15, 0.2) is 41.8 Å². The number of hydrazone groups is 1. The number of nitrogens with one attached hydrogen (secondary N) is 1. The number of amides is 1. The number of carbonyl (C=O) groups is 1. The minimum absolute atomic E-state index is 0.368. The normalized spacial score (nSPS) is 10.6. The van der Waals surface area contributed by atoms with Crippen LogP contribution < -0.4 is 19.6 Å². The van der Waals surface area contributed by atoms with Crippen LogP contribution in [0.3, 0.4) is 0 Å². The summed E-state index contributed by atoms with van der Waals surface area (Å²) in [6.07, 6.45) is 4.85. The molecule has 7 heteroatoms. The van der Waals surface area contributed by atoms with Crippen LogP contribution in [0.1, 0.15) is 36.7 Å². The van der Waals surface area contributed by atoms with E-state index in [0.29, 0.717) is 42.6 Å². The van der Waals surface area contributed by atoms with Crippen molar-refractivity contribution in [3.05, 3.63) is 47.8 Å². The molecule has 1 aromatic heterocycles. The van der Waals surface area contributed by atoms with Gasteiger partial charge in [0.05, 0.1) is 26.0 Å². The summed E-state index contributed by atoms with van der Waals surface area (Å²) in [6.45, 7) is 6.94. The van der Waals surface area contributed by atoms with E-state index in [1.54, 1.807) is 42.9 Å². The molecule has 0 fully saturated rings. The summed E-state index contributed by atoms with van der Waals surface area (Å²) >= 11 is 0. The molecule has 0 aliphatic rings. The number of aromatic nitrogens is 1. The molecule has 1 amide bonds. The molecule has 0 spiro atoms. The zero-order valence-electron chi connectivity index (χ0n) is 15.2. The van der Waals surface area contributed by atoms with Crippen molar-refractivity contribution in [3.63, 3.8) is 0 Å². The maximum atomic E-state index is 12.4. The predicted octanol–water partition coefficient (Wildman–Crippen LogP) is 3.04. The summed E-state index contributed by atoms with van der Waals surface area (Å²) in [4.78, 5) is 16.4. The SMILES string of the molecule is CCOc1cc(C(=O)N/N=C/c2ccncc2)cc(OCC)c1OCC. The lowest BCUT2D eigenvalue weighted by atomic mass is 10.1. The van der Waals surface area contributed by atoms with Crippen LogP contribution in [0.4, 0.5) is 0 Å². The van der Waals surface area contributed by atoms with Crippen LogP contribution in [0, 0.1) is 0 Å². The van der Waals surface area contributed by atoms with Gasteiger partial charge in [-0.25, -0.2) is 5.43 Å². The van der Waals surface area contributed by atoms with Gasteiger partial charge in [-0.3, -0.25) is 9.78 Å². The molecule has 0 bridgehead atoms. The lowest BCUT2D eigenvalue weighted by Gasteiger charge is -2.16. The average molecular weight is 357 g/mol. The first-order valence-corrected chi connectivity index (χ1v) is 8.49. The fraction of sp³-hybridized carbons (Fsp3) is 0.316. The van der Waals surface area contributed by atoms with Crippen molar-refractivity contribution in [2.45, 2.75) is 20.8 Å². The molecular formula is C19H23N3O4. The Labute approximate surface area is 153 Å². The Hall–Kier alpha value is -3.09. The molecule has 1 aromatic carbocycles. The molecule has 1 heterocycles. The van der Waals surface area contributed by atoms with Gasteiger partial charge in [-0.1, -0.05) is 0 Å². The van der Waals surface area contributed by atoms with Crippen molar-refractivity contribution < 1.29 is 19.0 Å². The highest BCUT2D eigenvalue weighted by Gasteiger charge is 2.18. The summed E-state index contributed by atoms with van der Waals surface area (Å²) < 4.78 is 16.9. The molecule has 0 unspecified atom stereocenters. The van der Waals surface area contributed by atoms with Crippen molar-refractivity contribution >= 4 is 12.1 Å². The second-order valence-corrected chi connectivity index (χ2v) is 5.08. The van der Waals surface area contributed by atoms with Gasteiger partial charge >= 0.3 is 0 Å². The van der Waals surface area contributed by atoms with E-state index >= 15 is 0 Å². The molecule has 0 saturated heterocycles. The van der Waals surface area contributed by atoms with E-state index in [0.717, 1.165) is 5.56 Å². The van der Waals surface area contributed by atoms with E-state index in [1.165, 1.54) is 0 Å². The fourth-order valence-corrected chi connectivity index (χ4v) is 2.20. The predicted molar refractivity (Wildman–Crippen MR) is 99.2 cm³/mol. The second kappa shape index (κ2) is 10.0. The molecule has 7 nitrogen and oxygen atoms in total.